The highest BCUT2D eigenvalue weighted by molar-refractivity contribution is 9.11. The number of hydrogen-bond acceptors (Lipinski definition) is 5. The number of piperidine rings is 1. The van der Waals surface area contributed by atoms with Crippen molar-refractivity contribution < 1.29 is 14.5 Å². The van der Waals surface area contributed by atoms with Crippen LogP contribution in [0.4, 0.5) is 0 Å². The van der Waals surface area contributed by atoms with E-state index in [0.29, 0.717) is 34.2 Å². The van der Waals surface area contributed by atoms with Crippen LogP contribution in [0.15, 0.2) is 51.4 Å². The van der Waals surface area contributed by atoms with Crippen molar-refractivity contribution in [3.05, 3.63) is 72.7 Å². The van der Waals surface area contributed by atoms with Crippen LogP contribution in [0.1, 0.15) is 24.0 Å². The highest BCUT2D eigenvalue weighted by atomic mass is 79.9. The summed E-state index contributed by atoms with van der Waals surface area (Å²) >= 11 is 6.91. The van der Waals surface area contributed by atoms with Crippen molar-refractivity contribution in [1.82, 2.24) is 9.80 Å². The van der Waals surface area contributed by atoms with E-state index in [9.17, 15) is 14.9 Å². The lowest BCUT2D eigenvalue weighted by atomic mass is 9.79. The van der Waals surface area contributed by atoms with E-state index in [1.807, 2.05) is 18.2 Å². The van der Waals surface area contributed by atoms with E-state index >= 15 is 0 Å². The fourth-order valence-corrected chi connectivity index (χ4v) is 6.45. The van der Waals surface area contributed by atoms with Gasteiger partial charge in [0.1, 0.15) is 5.75 Å². The molecular formula is C23H25Br2N3O4. The number of carbonyl (C=O) groups is 1. The second-order valence-corrected chi connectivity index (χ2v) is 10.2. The number of nitrogens with zero attached hydrogens (tertiary/aromatic N) is 3. The number of benzene rings is 2. The minimum atomic E-state index is -1.63. The Kier molecular flexibility index (Phi) is 6.88. The molecule has 2 aliphatic rings. The minimum Gasteiger partial charge on any atom is -0.494 e. The van der Waals surface area contributed by atoms with E-state index in [1.165, 1.54) is 5.56 Å². The van der Waals surface area contributed by atoms with Gasteiger partial charge in [-0.25, -0.2) is 0 Å². The van der Waals surface area contributed by atoms with E-state index in [0.717, 1.165) is 18.7 Å². The molecule has 0 aliphatic carbocycles. The minimum absolute atomic E-state index is 0.0161. The van der Waals surface area contributed by atoms with Gasteiger partial charge in [0.15, 0.2) is 0 Å². The molecule has 0 spiro atoms. The molecule has 1 unspecified atom stereocenters. The van der Waals surface area contributed by atoms with Gasteiger partial charge in [0.05, 0.1) is 22.5 Å². The zero-order valence-electron chi connectivity index (χ0n) is 17.8. The molecular weight excluding hydrogens is 542 g/mol. The van der Waals surface area contributed by atoms with Gasteiger partial charge in [-0.2, -0.15) is 0 Å². The summed E-state index contributed by atoms with van der Waals surface area (Å²) < 4.78 is 6.72. The summed E-state index contributed by atoms with van der Waals surface area (Å²) in [6.07, 6.45) is 0.911. The molecule has 2 aliphatic heterocycles. The lowest BCUT2D eigenvalue weighted by molar-refractivity contribution is -0.557. The van der Waals surface area contributed by atoms with Gasteiger partial charge in [-0.1, -0.05) is 30.3 Å². The van der Waals surface area contributed by atoms with Crippen molar-refractivity contribution in [1.29, 1.82) is 0 Å². The molecule has 0 N–H and O–H groups in total. The Labute approximate surface area is 204 Å². The van der Waals surface area contributed by atoms with Crippen LogP contribution in [0.25, 0.3) is 0 Å². The molecule has 2 atom stereocenters. The quantitative estimate of drug-likeness (QED) is 0.385. The van der Waals surface area contributed by atoms with Crippen LogP contribution in [0.5, 0.6) is 5.75 Å². The summed E-state index contributed by atoms with van der Waals surface area (Å²) in [6.45, 7) is 2.80. The van der Waals surface area contributed by atoms with Crippen molar-refractivity contribution in [3.8, 4) is 5.75 Å². The van der Waals surface area contributed by atoms with Crippen molar-refractivity contribution in [2.24, 2.45) is 0 Å². The number of nitro groups is 1. The number of fused-ring (bicyclic) bond motifs is 1. The van der Waals surface area contributed by atoms with Crippen molar-refractivity contribution in [2.75, 3.05) is 26.7 Å². The first-order chi connectivity index (χ1) is 15.3. The fourth-order valence-electron chi connectivity index (χ4n) is 4.84. The van der Waals surface area contributed by atoms with Crippen molar-refractivity contribution in [2.45, 2.75) is 37.4 Å². The van der Waals surface area contributed by atoms with Gasteiger partial charge in [0.25, 0.3) is 0 Å². The highest BCUT2D eigenvalue weighted by Crippen LogP contribution is 2.39. The number of ether oxygens (including phenoxy) is 1. The molecule has 9 heteroatoms. The highest BCUT2D eigenvalue weighted by Gasteiger charge is 2.57. The number of piperazine rings is 1. The molecule has 7 nitrogen and oxygen atoms in total. The Hall–Kier alpha value is -1.97. The summed E-state index contributed by atoms with van der Waals surface area (Å²) in [6, 6.07) is 13.9. The third-order valence-electron chi connectivity index (χ3n) is 6.47. The summed E-state index contributed by atoms with van der Waals surface area (Å²) in [5, 5.41) is 12.3. The molecule has 32 heavy (non-hydrogen) atoms. The summed E-state index contributed by atoms with van der Waals surface area (Å²) in [5.74, 6) is 0.259. The maximum atomic E-state index is 13.5. The Balaban J connectivity index is 1.52. The number of halogens is 2. The van der Waals surface area contributed by atoms with Gasteiger partial charge in [-0.3, -0.25) is 19.8 Å². The Bertz CT molecular complexity index is 997. The van der Waals surface area contributed by atoms with Crippen LogP contribution in [0.3, 0.4) is 0 Å². The molecule has 2 aromatic rings. The van der Waals surface area contributed by atoms with Crippen LogP contribution in [0.2, 0.25) is 0 Å². The Morgan fingerprint density at radius 2 is 1.84 bits per heavy atom. The molecule has 2 fully saturated rings. The third-order valence-corrected chi connectivity index (χ3v) is 7.65. The number of rotatable bonds is 6. The topological polar surface area (TPSA) is 75.9 Å². The molecule has 1 amide bonds. The molecule has 0 saturated carbocycles. The van der Waals surface area contributed by atoms with E-state index < -0.39 is 5.54 Å². The standard InChI is InChI=1S/C23H25Br2N3O4/c1-32-21-19(24)11-17(12-20(21)25)13-23(28(30)31)8-7-18-15-26(9-10-27(18)22(23)29)14-16-5-3-2-4-6-16/h2-6,11-12,18H,7-10,13-15H2,1H3/t18-,23?/m0/s1. The lowest BCUT2D eigenvalue weighted by Crippen LogP contribution is -2.66. The normalized spacial score (nSPS) is 23.7. The Morgan fingerprint density at radius 1 is 1.16 bits per heavy atom. The van der Waals surface area contributed by atoms with Crippen molar-refractivity contribution in [3.63, 3.8) is 0 Å². The largest absolute Gasteiger partial charge is 0.494 e. The second-order valence-electron chi connectivity index (χ2n) is 8.47. The zero-order chi connectivity index (χ0) is 22.9. The first kappa shape index (κ1) is 23.2. The van der Waals surface area contributed by atoms with Crippen LogP contribution < -0.4 is 4.74 Å². The van der Waals surface area contributed by atoms with E-state index in [1.54, 1.807) is 24.1 Å². The maximum absolute atomic E-state index is 13.5. The summed E-state index contributed by atoms with van der Waals surface area (Å²) in [7, 11) is 1.56. The molecule has 2 saturated heterocycles. The molecule has 2 aromatic carbocycles. The number of amides is 1. The molecule has 2 heterocycles. The fraction of sp³-hybridized carbons (Fsp3) is 0.435. The predicted octanol–water partition coefficient (Wildman–Crippen LogP) is 4.29. The van der Waals surface area contributed by atoms with Crippen LogP contribution in [0, 0.1) is 10.1 Å². The number of hydrogen-bond donors (Lipinski definition) is 0. The summed E-state index contributed by atoms with van der Waals surface area (Å²) in [4.78, 5) is 29.5. The molecule has 4 rings (SSSR count). The van der Waals surface area contributed by atoms with Gasteiger partial charge in [-0.05, 0) is 61.5 Å². The van der Waals surface area contributed by atoms with Crippen LogP contribution in [-0.4, -0.2) is 59.0 Å². The molecule has 0 bridgehead atoms. The van der Waals surface area contributed by atoms with Gasteiger partial charge < -0.3 is 9.64 Å². The first-order valence-corrected chi connectivity index (χ1v) is 12.2. The van der Waals surface area contributed by atoms with Crippen LogP contribution in [-0.2, 0) is 17.8 Å². The van der Waals surface area contributed by atoms with Gasteiger partial charge in [0.2, 0.25) is 0 Å². The predicted molar refractivity (Wildman–Crippen MR) is 128 cm³/mol. The third kappa shape index (κ3) is 4.43. The van der Waals surface area contributed by atoms with Crippen molar-refractivity contribution >= 4 is 37.8 Å². The lowest BCUT2D eigenvalue weighted by Gasteiger charge is -2.47. The van der Waals surface area contributed by atoms with Gasteiger partial charge >= 0.3 is 11.4 Å². The summed E-state index contributed by atoms with van der Waals surface area (Å²) in [5.41, 5.74) is 0.320. The second kappa shape index (κ2) is 9.49. The number of carbonyl (C=O) groups excluding carboxylic acids is 1. The van der Waals surface area contributed by atoms with Crippen LogP contribution >= 0.6 is 31.9 Å². The monoisotopic (exact) mass is 565 g/mol. The van der Waals surface area contributed by atoms with E-state index in [-0.39, 0.29) is 29.7 Å². The van der Waals surface area contributed by atoms with E-state index in [4.69, 9.17) is 4.74 Å². The molecule has 0 radical (unpaired) electrons. The zero-order valence-corrected chi connectivity index (χ0v) is 21.0. The van der Waals surface area contributed by atoms with Gasteiger partial charge in [0, 0.05) is 43.6 Å². The number of methoxy groups -OCH3 is 1. The van der Waals surface area contributed by atoms with E-state index in [2.05, 4.69) is 48.9 Å². The SMILES string of the molecule is COc1c(Br)cc(CC2([N+](=O)[O-])CC[C@H]3CN(Cc4ccccc4)CCN3C2=O)cc1Br. The average Bonchev–Trinajstić information content (AvgIpc) is 2.76. The Morgan fingerprint density at radius 3 is 2.47 bits per heavy atom. The maximum Gasteiger partial charge on any atom is 0.302 e. The van der Waals surface area contributed by atoms with Gasteiger partial charge in [-0.15, -0.1) is 0 Å². The average molecular weight is 567 g/mol. The first-order valence-electron chi connectivity index (χ1n) is 10.6. The smallest absolute Gasteiger partial charge is 0.302 e. The molecule has 170 valence electrons. The molecule has 0 aromatic heterocycles.